The van der Waals surface area contributed by atoms with Crippen LogP contribution in [-0.4, -0.2) is 6.61 Å². The molecule has 1 aromatic rings. The number of rotatable bonds is 4. The van der Waals surface area contributed by atoms with Gasteiger partial charge in [-0.15, -0.1) is 6.42 Å². The molecule has 0 aliphatic heterocycles. The first-order valence-corrected chi connectivity index (χ1v) is 5.27. The number of ether oxygens (including phenoxy) is 1. The lowest BCUT2D eigenvalue weighted by molar-refractivity contribution is 0.368. The number of hydrogen-bond donors (Lipinski definition) is 0. The molecule has 1 nitrogen and oxygen atoms in total. The minimum atomic E-state index is 0.190. The Kier molecular flexibility index (Phi) is 3.80. The zero-order valence-electron chi connectivity index (χ0n) is 9.71. The van der Waals surface area contributed by atoms with Gasteiger partial charge in [0.15, 0.2) is 0 Å². The van der Waals surface area contributed by atoms with Crippen molar-refractivity contribution in [3.63, 3.8) is 0 Å². The largest absolute Gasteiger partial charge is 0.481 e. The second-order valence-electron chi connectivity index (χ2n) is 4.26. The van der Waals surface area contributed by atoms with Gasteiger partial charge in [0.2, 0.25) is 0 Å². The predicted octanol–water partition coefficient (Wildman–Crippen LogP) is 3.39. The molecule has 0 aromatic heterocycles. The summed E-state index contributed by atoms with van der Waals surface area (Å²) >= 11 is 0. The van der Waals surface area contributed by atoms with Gasteiger partial charge in [-0.3, -0.25) is 0 Å². The van der Waals surface area contributed by atoms with Crippen molar-refractivity contribution < 1.29 is 4.74 Å². The van der Waals surface area contributed by atoms with Crippen molar-refractivity contribution in [2.24, 2.45) is 0 Å². The lowest BCUT2D eigenvalue weighted by Crippen LogP contribution is -2.15. The highest BCUT2D eigenvalue weighted by atomic mass is 16.5. The molecule has 1 heteroatoms. The van der Waals surface area contributed by atoms with Crippen molar-refractivity contribution in [3.8, 4) is 18.1 Å². The van der Waals surface area contributed by atoms with Crippen LogP contribution in [0, 0.1) is 12.3 Å². The monoisotopic (exact) mass is 202 g/mol. The maximum Gasteiger partial charge on any atom is 0.148 e. The summed E-state index contributed by atoms with van der Waals surface area (Å²) in [5.41, 5.74) is 1.48. The van der Waals surface area contributed by atoms with Crippen LogP contribution in [0.5, 0.6) is 5.75 Å². The molecule has 0 amide bonds. The highest BCUT2D eigenvalue weighted by Crippen LogP contribution is 2.28. The average molecular weight is 202 g/mol. The number of hydrogen-bond acceptors (Lipinski definition) is 1. The van der Waals surface area contributed by atoms with Crippen LogP contribution < -0.4 is 4.74 Å². The molecule has 0 heterocycles. The Hall–Kier alpha value is -1.42. The molecule has 0 radical (unpaired) electrons. The van der Waals surface area contributed by atoms with Crippen molar-refractivity contribution in [2.45, 2.75) is 32.6 Å². The predicted molar refractivity (Wildman–Crippen MR) is 64.1 cm³/mol. The molecule has 1 rings (SSSR count). The van der Waals surface area contributed by atoms with Crippen LogP contribution in [0.15, 0.2) is 24.3 Å². The van der Waals surface area contributed by atoms with E-state index in [0.29, 0.717) is 6.61 Å². The Labute approximate surface area is 92.5 Å². The van der Waals surface area contributed by atoms with E-state index in [1.54, 1.807) is 0 Å². The Bertz CT molecular complexity index is 358. The second kappa shape index (κ2) is 4.89. The highest BCUT2D eigenvalue weighted by Gasteiger charge is 2.17. The molecule has 0 saturated heterocycles. The summed E-state index contributed by atoms with van der Waals surface area (Å²) in [4.78, 5) is 0. The van der Waals surface area contributed by atoms with Crippen molar-refractivity contribution in [3.05, 3.63) is 29.8 Å². The molecule has 0 bridgehead atoms. The fourth-order valence-electron chi connectivity index (χ4n) is 1.34. The van der Waals surface area contributed by atoms with Crippen LogP contribution in [0.2, 0.25) is 0 Å². The third-order valence-electron chi connectivity index (χ3n) is 2.82. The fourth-order valence-corrected chi connectivity index (χ4v) is 1.34. The third kappa shape index (κ3) is 3.02. The SMILES string of the molecule is C#CCOc1cccc(C(C)(C)CC)c1. The summed E-state index contributed by atoms with van der Waals surface area (Å²) in [6, 6.07) is 8.15. The lowest BCUT2D eigenvalue weighted by atomic mass is 9.82. The average Bonchev–Trinajstić information content (AvgIpc) is 2.27. The molecule has 0 unspecified atom stereocenters. The Morgan fingerprint density at radius 2 is 2.13 bits per heavy atom. The van der Waals surface area contributed by atoms with E-state index in [4.69, 9.17) is 11.2 Å². The molecule has 0 N–H and O–H groups in total. The minimum absolute atomic E-state index is 0.190. The lowest BCUT2D eigenvalue weighted by Gasteiger charge is -2.23. The summed E-state index contributed by atoms with van der Waals surface area (Å²) in [7, 11) is 0. The summed E-state index contributed by atoms with van der Waals surface area (Å²) in [6.07, 6.45) is 6.25. The van der Waals surface area contributed by atoms with E-state index >= 15 is 0 Å². The molecule has 15 heavy (non-hydrogen) atoms. The first kappa shape index (κ1) is 11.7. The zero-order valence-corrected chi connectivity index (χ0v) is 9.71. The smallest absolute Gasteiger partial charge is 0.148 e. The molecular formula is C14H18O. The Morgan fingerprint density at radius 1 is 1.40 bits per heavy atom. The van der Waals surface area contributed by atoms with Crippen LogP contribution >= 0.6 is 0 Å². The number of terminal acetylenes is 1. The van der Waals surface area contributed by atoms with Gasteiger partial charge >= 0.3 is 0 Å². The molecule has 0 aliphatic carbocycles. The van der Waals surface area contributed by atoms with E-state index in [0.717, 1.165) is 12.2 Å². The van der Waals surface area contributed by atoms with Gasteiger partial charge in [-0.25, -0.2) is 0 Å². The van der Waals surface area contributed by atoms with Gasteiger partial charge in [-0.05, 0) is 29.5 Å². The van der Waals surface area contributed by atoms with Crippen LogP contribution in [0.1, 0.15) is 32.8 Å². The van der Waals surface area contributed by atoms with E-state index in [-0.39, 0.29) is 5.41 Å². The van der Waals surface area contributed by atoms with Crippen LogP contribution in [0.25, 0.3) is 0 Å². The van der Waals surface area contributed by atoms with E-state index < -0.39 is 0 Å². The standard InChI is InChI=1S/C14H18O/c1-5-10-15-13-9-7-8-12(11-13)14(3,4)6-2/h1,7-9,11H,6,10H2,2-4H3. The molecule has 0 saturated carbocycles. The normalized spacial score (nSPS) is 10.8. The topological polar surface area (TPSA) is 9.23 Å². The molecule has 0 atom stereocenters. The van der Waals surface area contributed by atoms with Crippen LogP contribution in [0.3, 0.4) is 0 Å². The van der Waals surface area contributed by atoms with Crippen molar-refractivity contribution in [2.75, 3.05) is 6.61 Å². The van der Waals surface area contributed by atoms with Crippen LogP contribution in [-0.2, 0) is 5.41 Å². The molecule has 0 spiro atoms. The summed E-state index contributed by atoms with van der Waals surface area (Å²) in [5, 5.41) is 0. The highest BCUT2D eigenvalue weighted by molar-refractivity contribution is 5.33. The van der Waals surface area contributed by atoms with Gasteiger partial charge in [-0.2, -0.15) is 0 Å². The van der Waals surface area contributed by atoms with E-state index in [1.165, 1.54) is 5.56 Å². The Morgan fingerprint density at radius 3 is 2.73 bits per heavy atom. The van der Waals surface area contributed by atoms with E-state index in [9.17, 15) is 0 Å². The molecule has 0 aliphatic rings. The van der Waals surface area contributed by atoms with Gasteiger partial charge in [0.05, 0.1) is 0 Å². The molecular weight excluding hydrogens is 184 g/mol. The maximum absolute atomic E-state index is 5.40. The van der Waals surface area contributed by atoms with Crippen molar-refractivity contribution >= 4 is 0 Å². The first-order chi connectivity index (χ1) is 7.10. The first-order valence-electron chi connectivity index (χ1n) is 5.27. The summed E-state index contributed by atoms with van der Waals surface area (Å²) in [6.45, 7) is 6.98. The number of benzene rings is 1. The third-order valence-corrected chi connectivity index (χ3v) is 2.82. The van der Waals surface area contributed by atoms with Crippen LogP contribution in [0.4, 0.5) is 0 Å². The van der Waals surface area contributed by atoms with E-state index in [2.05, 4.69) is 38.8 Å². The quantitative estimate of drug-likeness (QED) is 0.680. The second-order valence-corrected chi connectivity index (χ2v) is 4.26. The fraction of sp³-hybridized carbons (Fsp3) is 0.429. The van der Waals surface area contributed by atoms with Crippen molar-refractivity contribution in [1.82, 2.24) is 0 Å². The van der Waals surface area contributed by atoms with Gasteiger partial charge in [0, 0.05) is 0 Å². The van der Waals surface area contributed by atoms with E-state index in [1.807, 2.05) is 12.1 Å². The molecule has 1 aromatic carbocycles. The van der Waals surface area contributed by atoms with Crippen molar-refractivity contribution in [1.29, 1.82) is 0 Å². The molecule has 80 valence electrons. The van der Waals surface area contributed by atoms with Gasteiger partial charge in [0.25, 0.3) is 0 Å². The van der Waals surface area contributed by atoms with Gasteiger partial charge in [-0.1, -0.05) is 38.8 Å². The zero-order chi connectivity index (χ0) is 11.3. The van der Waals surface area contributed by atoms with Gasteiger partial charge in [0.1, 0.15) is 12.4 Å². The molecule has 0 fully saturated rings. The Balaban J connectivity index is 2.88. The summed E-state index contributed by atoms with van der Waals surface area (Å²) in [5.74, 6) is 3.32. The van der Waals surface area contributed by atoms with Gasteiger partial charge < -0.3 is 4.74 Å². The summed E-state index contributed by atoms with van der Waals surface area (Å²) < 4.78 is 5.40. The minimum Gasteiger partial charge on any atom is -0.481 e. The maximum atomic E-state index is 5.40.